The van der Waals surface area contributed by atoms with Crippen LogP contribution in [0.3, 0.4) is 0 Å². The van der Waals surface area contributed by atoms with Gasteiger partial charge in [-0.2, -0.15) is 0 Å². The van der Waals surface area contributed by atoms with E-state index in [1.807, 2.05) is 0 Å². The summed E-state index contributed by atoms with van der Waals surface area (Å²) in [5.74, 6) is -1.08. The van der Waals surface area contributed by atoms with Crippen molar-refractivity contribution in [2.75, 3.05) is 13.7 Å². The molecule has 1 aromatic carbocycles. The number of likely N-dealkylation sites (tertiary alicyclic amines) is 1. The molecule has 1 heterocycles. The molecule has 118 valence electrons. The average Bonchev–Trinajstić information content (AvgIpc) is 2.50. The Bertz CT molecular complexity index is 605. The predicted molar refractivity (Wildman–Crippen MR) is 83.9 cm³/mol. The first-order chi connectivity index (χ1) is 10.5. The Morgan fingerprint density at radius 2 is 2.09 bits per heavy atom. The van der Waals surface area contributed by atoms with Gasteiger partial charge in [0.05, 0.1) is 12.1 Å². The third-order valence-electron chi connectivity index (χ3n) is 3.97. The molecule has 0 saturated carbocycles. The lowest BCUT2D eigenvalue weighted by atomic mass is 9.91. The van der Waals surface area contributed by atoms with Crippen LogP contribution in [0.1, 0.15) is 31.4 Å². The number of ether oxygens (including phenoxy) is 1. The molecule has 6 heteroatoms. The number of carbonyl (C=O) groups is 2. The first kappa shape index (κ1) is 16.5. The van der Waals surface area contributed by atoms with Gasteiger partial charge in [0.1, 0.15) is 11.6 Å². The van der Waals surface area contributed by atoms with Crippen LogP contribution in [0.5, 0.6) is 0 Å². The lowest BCUT2D eigenvalue weighted by Crippen LogP contribution is -2.45. The van der Waals surface area contributed by atoms with E-state index >= 15 is 0 Å². The Morgan fingerprint density at radius 3 is 2.64 bits per heavy atom. The van der Waals surface area contributed by atoms with Crippen LogP contribution in [-0.2, 0) is 14.3 Å². The molecular formula is C16H18FNO3S. The lowest BCUT2D eigenvalue weighted by Gasteiger charge is -2.37. The van der Waals surface area contributed by atoms with E-state index in [9.17, 15) is 14.0 Å². The minimum atomic E-state index is -0.911. The number of hydrogen-bond acceptors (Lipinski definition) is 4. The van der Waals surface area contributed by atoms with Gasteiger partial charge in [0, 0.05) is 24.4 Å². The van der Waals surface area contributed by atoms with E-state index in [0.29, 0.717) is 24.4 Å². The number of thiocarbonyl (C=S) groups is 1. The Morgan fingerprint density at radius 1 is 1.41 bits per heavy atom. The highest BCUT2D eigenvalue weighted by molar-refractivity contribution is 7.80. The number of nitrogens with zero attached hydrogens (tertiary/aromatic N) is 1. The molecule has 1 aliphatic rings. The van der Waals surface area contributed by atoms with Crippen LogP contribution in [0.4, 0.5) is 4.39 Å². The first-order valence-electron chi connectivity index (χ1n) is 7.08. The summed E-state index contributed by atoms with van der Waals surface area (Å²) in [6, 6.07) is 5.17. The number of halogens is 1. The van der Waals surface area contributed by atoms with Crippen LogP contribution in [-0.4, -0.2) is 35.3 Å². The maximum atomic E-state index is 14.1. The van der Waals surface area contributed by atoms with Crippen LogP contribution in [0, 0.1) is 11.7 Å². The Balaban J connectivity index is 2.32. The summed E-state index contributed by atoms with van der Waals surface area (Å²) >= 11 is 5.35. The third-order valence-corrected chi connectivity index (χ3v) is 4.37. The fourth-order valence-electron chi connectivity index (χ4n) is 2.70. The number of rotatable bonds is 4. The monoisotopic (exact) mass is 323 g/mol. The van der Waals surface area contributed by atoms with Gasteiger partial charge in [-0.3, -0.25) is 4.79 Å². The quantitative estimate of drug-likeness (QED) is 0.630. The van der Waals surface area contributed by atoms with E-state index in [1.54, 1.807) is 23.1 Å². The molecule has 22 heavy (non-hydrogen) atoms. The summed E-state index contributed by atoms with van der Waals surface area (Å²) < 4.78 is 18.9. The number of methoxy groups -OCH3 is 1. The van der Waals surface area contributed by atoms with Gasteiger partial charge in [0.15, 0.2) is 6.04 Å². The molecule has 2 atom stereocenters. The maximum absolute atomic E-state index is 14.1. The second-order valence-corrected chi connectivity index (χ2v) is 5.81. The summed E-state index contributed by atoms with van der Waals surface area (Å²) in [7, 11) is 1.27. The molecule has 1 saturated heterocycles. The number of Topliss-reactive ketones (excluding diaryl/α,β-unsaturated/α-hetero) is 1. The van der Waals surface area contributed by atoms with Crippen LogP contribution in [0.2, 0.25) is 0 Å². The predicted octanol–water partition coefficient (Wildman–Crippen LogP) is 2.67. The van der Waals surface area contributed by atoms with E-state index in [0.717, 1.165) is 0 Å². The number of ketones is 1. The van der Waals surface area contributed by atoms with Gasteiger partial charge >= 0.3 is 5.97 Å². The number of hydrogen-bond donors (Lipinski definition) is 0. The minimum Gasteiger partial charge on any atom is -0.467 e. The number of carbonyl (C=O) groups excluding carboxylic acids is 2. The molecule has 0 aromatic heterocycles. The number of piperidine rings is 1. The highest BCUT2D eigenvalue weighted by atomic mass is 32.1. The van der Waals surface area contributed by atoms with Gasteiger partial charge in [-0.25, -0.2) is 9.18 Å². The molecule has 4 nitrogen and oxygen atoms in total. The zero-order valence-electron chi connectivity index (χ0n) is 12.5. The van der Waals surface area contributed by atoms with Crippen LogP contribution < -0.4 is 0 Å². The van der Waals surface area contributed by atoms with Crippen LogP contribution in [0.25, 0.3) is 0 Å². The molecule has 2 rings (SSSR count). The van der Waals surface area contributed by atoms with Crippen molar-refractivity contribution in [3.05, 3.63) is 35.6 Å². The highest BCUT2D eigenvalue weighted by Gasteiger charge is 2.36. The van der Waals surface area contributed by atoms with Gasteiger partial charge < -0.3 is 9.64 Å². The van der Waals surface area contributed by atoms with E-state index in [-0.39, 0.29) is 17.3 Å². The smallest absolute Gasteiger partial charge is 0.333 e. The van der Waals surface area contributed by atoms with Crippen molar-refractivity contribution in [2.24, 2.45) is 5.92 Å². The highest BCUT2D eigenvalue weighted by Crippen LogP contribution is 2.31. The average molecular weight is 323 g/mol. The SMILES string of the molecule is COC(=O)C(c1ccccc1F)N1CCC(C(C)=O)CC1=S. The molecule has 2 unspecified atom stereocenters. The van der Waals surface area contributed by atoms with E-state index in [4.69, 9.17) is 17.0 Å². The largest absolute Gasteiger partial charge is 0.467 e. The lowest BCUT2D eigenvalue weighted by molar-refractivity contribution is -0.146. The van der Waals surface area contributed by atoms with Crippen LogP contribution in [0.15, 0.2) is 24.3 Å². The summed E-state index contributed by atoms with van der Waals surface area (Å²) in [5.41, 5.74) is 0.234. The van der Waals surface area contributed by atoms with Crippen molar-refractivity contribution in [2.45, 2.75) is 25.8 Å². The van der Waals surface area contributed by atoms with E-state index in [2.05, 4.69) is 0 Å². The molecule has 0 aliphatic carbocycles. The van der Waals surface area contributed by atoms with Crippen LogP contribution >= 0.6 is 12.2 Å². The molecule has 1 aromatic rings. The van der Waals surface area contributed by atoms with Gasteiger partial charge in [-0.15, -0.1) is 0 Å². The van der Waals surface area contributed by atoms with Crippen molar-refractivity contribution in [1.29, 1.82) is 0 Å². The Hall–Kier alpha value is -1.82. The summed E-state index contributed by atoms with van der Waals surface area (Å²) in [5, 5.41) is 0. The summed E-state index contributed by atoms with van der Waals surface area (Å²) in [6.07, 6.45) is 1.00. The second kappa shape index (κ2) is 6.96. The van der Waals surface area contributed by atoms with E-state index < -0.39 is 17.8 Å². The first-order valence-corrected chi connectivity index (χ1v) is 7.48. The molecule has 0 spiro atoms. The molecule has 1 fully saturated rings. The summed E-state index contributed by atoms with van der Waals surface area (Å²) in [4.78, 5) is 25.8. The van der Waals surface area contributed by atoms with Crippen molar-refractivity contribution in [1.82, 2.24) is 4.90 Å². The zero-order valence-corrected chi connectivity index (χ0v) is 13.4. The molecule has 0 N–H and O–H groups in total. The normalized spacial score (nSPS) is 19.7. The molecule has 0 radical (unpaired) electrons. The van der Waals surface area contributed by atoms with Crippen molar-refractivity contribution >= 4 is 29.0 Å². The molecule has 0 bridgehead atoms. The number of esters is 1. The van der Waals surface area contributed by atoms with Gasteiger partial charge in [0.2, 0.25) is 0 Å². The van der Waals surface area contributed by atoms with Crippen molar-refractivity contribution in [3.63, 3.8) is 0 Å². The topological polar surface area (TPSA) is 46.6 Å². The Kier molecular flexibility index (Phi) is 5.24. The Labute approximate surface area is 134 Å². The standard InChI is InChI=1S/C16H18FNO3S/c1-10(19)11-7-8-18(14(22)9-11)15(16(20)21-2)12-5-3-4-6-13(12)17/h3-6,11,15H,7-9H2,1-2H3. The summed E-state index contributed by atoms with van der Waals surface area (Å²) in [6.45, 7) is 1.97. The maximum Gasteiger partial charge on any atom is 0.333 e. The van der Waals surface area contributed by atoms with Gasteiger partial charge in [0.25, 0.3) is 0 Å². The molecule has 0 amide bonds. The number of benzene rings is 1. The van der Waals surface area contributed by atoms with E-state index in [1.165, 1.54) is 20.1 Å². The van der Waals surface area contributed by atoms with Crippen molar-refractivity contribution < 1.29 is 18.7 Å². The van der Waals surface area contributed by atoms with Gasteiger partial charge in [-0.1, -0.05) is 30.4 Å². The fraction of sp³-hybridized carbons (Fsp3) is 0.438. The van der Waals surface area contributed by atoms with Crippen molar-refractivity contribution in [3.8, 4) is 0 Å². The van der Waals surface area contributed by atoms with Gasteiger partial charge in [-0.05, 0) is 19.4 Å². The molecular weight excluding hydrogens is 305 g/mol. The zero-order chi connectivity index (χ0) is 16.3. The third kappa shape index (κ3) is 3.32. The molecule has 1 aliphatic heterocycles. The second-order valence-electron chi connectivity index (χ2n) is 5.33. The fourth-order valence-corrected chi connectivity index (χ4v) is 3.10. The minimum absolute atomic E-state index is 0.0857.